The predicted molar refractivity (Wildman–Crippen MR) is 130 cm³/mol. The Morgan fingerprint density at radius 1 is 1.18 bits per heavy atom. The van der Waals surface area contributed by atoms with Crippen molar-refractivity contribution < 1.29 is 13.9 Å². The number of ether oxygens (including phenoxy) is 1. The molecule has 1 amide bonds. The number of aromatic nitrogens is 1. The fourth-order valence-electron chi connectivity index (χ4n) is 2.65. The number of benzene rings is 1. The SMILES string of the molecule is C=C(Oc1ccc(C)c(C(=C)C=N/C(=C\N)NC(=O)c2cnccc2C)c1)/C(F)=C\C=C/N. The molecule has 0 unspecified atom stereocenters. The lowest BCUT2D eigenvalue weighted by molar-refractivity contribution is 0.0964. The number of pyridine rings is 1. The van der Waals surface area contributed by atoms with Crippen LogP contribution < -0.4 is 21.5 Å². The molecule has 0 aliphatic rings. The zero-order chi connectivity index (χ0) is 24.4. The highest BCUT2D eigenvalue weighted by atomic mass is 19.1. The summed E-state index contributed by atoms with van der Waals surface area (Å²) in [7, 11) is 0. The van der Waals surface area contributed by atoms with Crippen molar-refractivity contribution in [2.24, 2.45) is 16.5 Å². The molecule has 1 aromatic carbocycles. The van der Waals surface area contributed by atoms with Crippen LogP contribution in [0.2, 0.25) is 0 Å². The fraction of sp³-hybridized carbons (Fsp3) is 0.0800. The van der Waals surface area contributed by atoms with E-state index in [-0.39, 0.29) is 17.5 Å². The van der Waals surface area contributed by atoms with Crippen LogP contribution in [0.3, 0.4) is 0 Å². The Morgan fingerprint density at radius 2 is 1.91 bits per heavy atom. The van der Waals surface area contributed by atoms with Crippen molar-refractivity contribution in [2.75, 3.05) is 0 Å². The molecule has 0 aliphatic carbocycles. The smallest absolute Gasteiger partial charge is 0.258 e. The summed E-state index contributed by atoms with van der Waals surface area (Å²) in [5.74, 6) is -0.696. The van der Waals surface area contributed by atoms with Crippen LogP contribution in [0.4, 0.5) is 4.39 Å². The van der Waals surface area contributed by atoms with Gasteiger partial charge in [-0.3, -0.25) is 9.78 Å². The Balaban J connectivity index is 2.14. The minimum absolute atomic E-state index is 0.142. The number of hydrogen-bond donors (Lipinski definition) is 3. The molecule has 0 fully saturated rings. The molecule has 0 atom stereocenters. The van der Waals surface area contributed by atoms with E-state index in [1.807, 2.05) is 6.92 Å². The molecule has 1 aromatic heterocycles. The van der Waals surface area contributed by atoms with Crippen LogP contribution in [0.5, 0.6) is 5.75 Å². The van der Waals surface area contributed by atoms with Crippen molar-refractivity contribution >= 4 is 17.7 Å². The van der Waals surface area contributed by atoms with Gasteiger partial charge in [0.25, 0.3) is 5.91 Å². The van der Waals surface area contributed by atoms with Gasteiger partial charge in [-0.2, -0.15) is 0 Å². The van der Waals surface area contributed by atoms with Gasteiger partial charge in [0.05, 0.1) is 5.56 Å². The van der Waals surface area contributed by atoms with Gasteiger partial charge >= 0.3 is 0 Å². The third-order valence-electron chi connectivity index (χ3n) is 4.46. The molecule has 1 heterocycles. The highest BCUT2D eigenvalue weighted by Crippen LogP contribution is 2.25. The lowest BCUT2D eigenvalue weighted by atomic mass is 10.0. The first kappa shape index (κ1) is 24.8. The van der Waals surface area contributed by atoms with Gasteiger partial charge < -0.3 is 21.5 Å². The molecule has 0 saturated carbocycles. The topological polar surface area (TPSA) is 116 Å². The van der Waals surface area contributed by atoms with E-state index < -0.39 is 5.83 Å². The molecule has 0 spiro atoms. The third-order valence-corrected chi connectivity index (χ3v) is 4.46. The van der Waals surface area contributed by atoms with E-state index in [1.165, 1.54) is 30.9 Å². The highest BCUT2D eigenvalue weighted by molar-refractivity contribution is 6.10. The van der Waals surface area contributed by atoms with Crippen LogP contribution in [-0.4, -0.2) is 17.1 Å². The quantitative estimate of drug-likeness (QED) is 0.303. The molecule has 170 valence electrons. The second-order valence-electron chi connectivity index (χ2n) is 6.88. The molecule has 33 heavy (non-hydrogen) atoms. The predicted octanol–water partition coefficient (Wildman–Crippen LogP) is 4.19. The van der Waals surface area contributed by atoms with Crippen molar-refractivity contribution in [2.45, 2.75) is 13.8 Å². The van der Waals surface area contributed by atoms with Crippen molar-refractivity contribution in [3.8, 4) is 5.75 Å². The molecule has 0 bridgehead atoms. The number of allylic oxidation sites excluding steroid dienone is 4. The third kappa shape index (κ3) is 7.03. The normalized spacial score (nSPS) is 12.2. The summed E-state index contributed by atoms with van der Waals surface area (Å²) >= 11 is 0. The van der Waals surface area contributed by atoms with E-state index in [0.717, 1.165) is 17.2 Å². The molecule has 0 saturated heterocycles. The van der Waals surface area contributed by atoms with Gasteiger partial charge in [-0.15, -0.1) is 0 Å². The van der Waals surface area contributed by atoms with Crippen LogP contribution in [0, 0.1) is 13.8 Å². The molecular formula is C25H26FN5O2. The van der Waals surface area contributed by atoms with E-state index in [0.29, 0.717) is 22.4 Å². The summed E-state index contributed by atoms with van der Waals surface area (Å²) in [6, 6.07) is 6.90. The van der Waals surface area contributed by atoms with Crippen LogP contribution in [0.15, 0.2) is 96.8 Å². The summed E-state index contributed by atoms with van der Waals surface area (Å²) in [6.07, 6.45) is 9.38. The number of carbonyl (C=O) groups excluding carboxylic acids is 1. The number of rotatable bonds is 9. The molecule has 7 nitrogen and oxygen atoms in total. The maximum atomic E-state index is 13.9. The number of amides is 1. The van der Waals surface area contributed by atoms with Gasteiger partial charge in [-0.05, 0) is 72.7 Å². The first-order valence-corrected chi connectivity index (χ1v) is 9.85. The van der Waals surface area contributed by atoms with E-state index in [2.05, 4.69) is 28.5 Å². The summed E-state index contributed by atoms with van der Waals surface area (Å²) < 4.78 is 19.4. The minimum Gasteiger partial charge on any atom is -0.455 e. The van der Waals surface area contributed by atoms with Gasteiger partial charge in [0.2, 0.25) is 0 Å². The minimum atomic E-state index is -0.656. The van der Waals surface area contributed by atoms with Gasteiger partial charge in [0.1, 0.15) is 11.6 Å². The van der Waals surface area contributed by atoms with Crippen LogP contribution >= 0.6 is 0 Å². The number of aryl methyl sites for hydroxylation is 2. The lowest BCUT2D eigenvalue weighted by Crippen LogP contribution is -2.23. The molecule has 0 aliphatic heterocycles. The molecule has 0 radical (unpaired) electrons. The number of nitrogens with one attached hydrogen (secondary N) is 1. The Morgan fingerprint density at radius 3 is 2.58 bits per heavy atom. The van der Waals surface area contributed by atoms with E-state index in [1.54, 1.807) is 37.4 Å². The summed E-state index contributed by atoms with van der Waals surface area (Å²) in [5, 5.41) is 2.63. The Bertz CT molecular complexity index is 1180. The molecular weight excluding hydrogens is 421 g/mol. The fourth-order valence-corrected chi connectivity index (χ4v) is 2.65. The molecule has 5 N–H and O–H groups in total. The summed E-state index contributed by atoms with van der Waals surface area (Å²) in [6.45, 7) is 11.3. The maximum absolute atomic E-state index is 13.9. The monoisotopic (exact) mass is 447 g/mol. The van der Waals surface area contributed by atoms with Crippen LogP contribution in [-0.2, 0) is 0 Å². The van der Waals surface area contributed by atoms with Gasteiger partial charge in [-0.25, -0.2) is 9.38 Å². The highest BCUT2D eigenvalue weighted by Gasteiger charge is 2.11. The average molecular weight is 448 g/mol. The molecule has 8 heteroatoms. The zero-order valence-electron chi connectivity index (χ0n) is 18.5. The zero-order valence-corrected chi connectivity index (χ0v) is 18.5. The van der Waals surface area contributed by atoms with Gasteiger partial charge in [0.15, 0.2) is 11.6 Å². The summed E-state index contributed by atoms with van der Waals surface area (Å²) in [5.41, 5.74) is 14.1. The van der Waals surface area contributed by atoms with E-state index >= 15 is 0 Å². The number of aliphatic imine (C=N–C) groups is 1. The van der Waals surface area contributed by atoms with E-state index in [9.17, 15) is 9.18 Å². The lowest BCUT2D eigenvalue weighted by Gasteiger charge is -2.11. The molecule has 2 rings (SSSR count). The van der Waals surface area contributed by atoms with Crippen LogP contribution in [0.1, 0.15) is 27.0 Å². The van der Waals surface area contributed by atoms with Crippen molar-refractivity contribution in [3.63, 3.8) is 0 Å². The van der Waals surface area contributed by atoms with Gasteiger partial charge in [0, 0.05) is 24.8 Å². The van der Waals surface area contributed by atoms with Crippen molar-refractivity contribution in [1.82, 2.24) is 10.3 Å². The first-order chi connectivity index (χ1) is 15.8. The van der Waals surface area contributed by atoms with Crippen molar-refractivity contribution in [1.29, 1.82) is 0 Å². The number of carbonyl (C=O) groups is 1. The van der Waals surface area contributed by atoms with Crippen molar-refractivity contribution in [3.05, 3.63) is 114 Å². The Kier molecular flexibility index (Phi) is 8.87. The standard InChI is InChI=1S/C25H26FN5O2/c1-16-7-8-20(33-19(4)23(26)6-5-10-27)12-21(16)18(3)14-30-24(13-28)31-25(32)22-15-29-11-9-17(22)2/h5-15H,3-4,27-28H2,1-2H3,(H,31,32)/b10-5-,23-6+,24-13+,30-14?. The average Bonchev–Trinajstić information content (AvgIpc) is 2.81. The number of hydrogen-bond acceptors (Lipinski definition) is 6. The Hall–Kier alpha value is -4.46. The number of nitrogens with zero attached hydrogens (tertiary/aromatic N) is 2. The second-order valence-corrected chi connectivity index (χ2v) is 6.88. The molecule has 2 aromatic rings. The number of halogens is 1. The largest absolute Gasteiger partial charge is 0.455 e. The van der Waals surface area contributed by atoms with Gasteiger partial charge in [-0.1, -0.05) is 19.2 Å². The van der Waals surface area contributed by atoms with E-state index in [4.69, 9.17) is 16.2 Å². The Labute approximate surface area is 192 Å². The number of nitrogens with two attached hydrogens (primary N) is 2. The maximum Gasteiger partial charge on any atom is 0.258 e. The first-order valence-electron chi connectivity index (χ1n) is 9.85. The summed E-state index contributed by atoms with van der Waals surface area (Å²) in [4.78, 5) is 20.6. The van der Waals surface area contributed by atoms with Crippen LogP contribution in [0.25, 0.3) is 5.57 Å². The second kappa shape index (κ2) is 11.8.